The van der Waals surface area contributed by atoms with Crippen LogP contribution in [0, 0.1) is 0 Å². The van der Waals surface area contributed by atoms with E-state index in [4.69, 9.17) is 0 Å². The Morgan fingerprint density at radius 1 is 1.58 bits per heavy atom. The van der Waals surface area contributed by atoms with Crippen LogP contribution in [0.1, 0.15) is 33.6 Å². The Morgan fingerprint density at radius 2 is 2.25 bits per heavy atom. The smallest absolute Gasteiger partial charge is 0.195 e. The summed E-state index contributed by atoms with van der Waals surface area (Å²) in [5, 5.41) is 0. The fraction of sp³-hybridized carbons (Fsp3) is 0.900. The van der Waals surface area contributed by atoms with Crippen molar-refractivity contribution in [1.29, 1.82) is 0 Å². The van der Waals surface area contributed by atoms with Gasteiger partial charge >= 0.3 is 0 Å². The summed E-state index contributed by atoms with van der Waals surface area (Å²) in [5.41, 5.74) is 0. The van der Waals surface area contributed by atoms with Crippen LogP contribution in [0.25, 0.3) is 0 Å². The van der Waals surface area contributed by atoms with Gasteiger partial charge in [-0.2, -0.15) is 0 Å². The Kier molecular flexibility index (Phi) is 2.89. The van der Waals surface area contributed by atoms with Gasteiger partial charge < -0.3 is 0 Å². The van der Waals surface area contributed by atoms with E-state index in [1.54, 1.807) is 0 Å². The average Bonchev–Trinajstić information content (AvgIpc) is 2.23. The van der Waals surface area contributed by atoms with Gasteiger partial charge in [-0.05, 0) is 13.3 Å². The van der Waals surface area contributed by atoms with E-state index in [9.17, 15) is 0 Å². The zero-order valence-corrected chi connectivity index (χ0v) is 8.80. The highest BCUT2D eigenvalue weighted by molar-refractivity contribution is 5.74. The Bertz CT molecular complexity index is 186. The van der Waals surface area contributed by atoms with Gasteiger partial charge in [-0.3, -0.25) is 4.48 Å². The number of hydrogen-bond donors (Lipinski definition) is 0. The summed E-state index contributed by atoms with van der Waals surface area (Å²) in [4.78, 5) is 4.58. The van der Waals surface area contributed by atoms with Crippen LogP contribution in [-0.2, 0) is 0 Å². The highest BCUT2D eigenvalue weighted by Gasteiger charge is 2.33. The van der Waals surface area contributed by atoms with E-state index in [0.29, 0.717) is 6.04 Å². The van der Waals surface area contributed by atoms with Crippen molar-refractivity contribution in [3.63, 3.8) is 0 Å². The van der Waals surface area contributed by atoms with Crippen molar-refractivity contribution in [3.8, 4) is 0 Å². The average molecular weight is 169 g/mol. The van der Waals surface area contributed by atoms with Gasteiger partial charge in [0.05, 0.1) is 13.6 Å². The second kappa shape index (κ2) is 3.56. The Balaban J connectivity index is 2.55. The van der Waals surface area contributed by atoms with Crippen LogP contribution >= 0.6 is 0 Å². The molecule has 0 bridgehead atoms. The molecule has 1 aliphatic heterocycles. The van der Waals surface area contributed by atoms with Gasteiger partial charge in [0.15, 0.2) is 5.84 Å². The lowest BCUT2D eigenvalue weighted by atomic mass is 10.2. The van der Waals surface area contributed by atoms with Gasteiger partial charge in [0, 0.05) is 6.92 Å². The van der Waals surface area contributed by atoms with Gasteiger partial charge in [-0.25, -0.2) is 4.99 Å². The van der Waals surface area contributed by atoms with Crippen LogP contribution in [0.2, 0.25) is 0 Å². The lowest BCUT2D eigenvalue weighted by Crippen LogP contribution is -2.47. The first-order valence-corrected chi connectivity index (χ1v) is 4.98. The zero-order chi connectivity index (χ0) is 9.19. The summed E-state index contributed by atoms with van der Waals surface area (Å²) in [6.45, 7) is 9.08. The number of nitrogens with zero attached hydrogens (tertiary/aromatic N) is 2. The van der Waals surface area contributed by atoms with Crippen molar-refractivity contribution in [2.24, 2.45) is 4.99 Å². The topological polar surface area (TPSA) is 12.4 Å². The summed E-state index contributed by atoms with van der Waals surface area (Å²) in [6, 6.07) is 0.534. The van der Waals surface area contributed by atoms with Crippen LogP contribution < -0.4 is 0 Å². The molecular weight excluding hydrogens is 148 g/mol. The number of unbranched alkanes of at least 4 members (excludes halogenated alkanes) is 1. The molecule has 0 N–H and O–H groups in total. The van der Waals surface area contributed by atoms with Crippen molar-refractivity contribution >= 4 is 5.84 Å². The van der Waals surface area contributed by atoms with Gasteiger partial charge in [-0.1, -0.05) is 13.3 Å². The van der Waals surface area contributed by atoms with E-state index in [1.165, 1.54) is 31.8 Å². The second-order valence-electron chi connectivity index (χ2n) is 4.18. The maximum absolute atomic E-state index is 4.58. The minimum atomic E-state index is 0.534. The maximum atomic E-state index is 4.58. The van der Waals surface area contributed by atoms with Crippen LogP contribution in [0.15, 0.2) is 4.99 Å². The molecule has 0 radical (unpaired) electrons. The molecule has 1 heterocycles. The van der Waals surface area contributed by atoms with Crippen LogP contribution in [-0.4, -0.2) is 36.5 Å². The summed E-state index contributed by atoms with van der Waals surface area (Å²) < 4.78 is 1.08. The molecule has 0 aromatic carbocycles. The maximum Gasteiger partial charge on any atom is 0.195 e. The number of hydrogen-bond acceptors (Lipinski definition) is 1. The fourth-order valence-electron chi connectivity index (χ4n) is 1.97. The third-order valence-electron chi connectivity index (χ3n) is 2.86. The first kappa shape index (κ1) is 9.72. The number of likely N-dealkylation sites (N-methyl/N-ethyl adjacent to an activating group) is 1. The minimum absolute atomic E-state index is 0.534. The highest BCUT2D eigenvalue weighted by Crippen LogP contribution is 2.17. The van der Waals surface area contributed by atoms with Gasteiger partial charge in [0.1, 0.15) is 12.6 Å². The predicted octanol–water partition coefficient (Wildman–Crippen LogP) is 2.05. The summed E-state index contributed by atoms with van der Waals surface area (Å²) in [6.07, 6.45) is 2.60. The first-order chi connectivity index (χ1) is 5.58. The van der Waals surface area contributed by atoms with Gasteiger partial charge in [-0.15, -0.1) is 0 Å². The minimum Gasteiger partial charge on any atom is -0.280 e. The number of aliphatic imine (C=N–C) groups is 1. The molecule has 2 atom stereocenters. The second-order valence-corrected chi connectivity index (χ2v) is 4.18. The van der Waals surface area contributed by atoms with Crippen molar-refractivity contribution < 1.29 is 4.48 Å². The van der Waals surface area contributed by atoms with Gasteiger partial charge in [0.2, 0.25) is 0 Å². The van der Waals surface area contributed by atoms with E-state index in [-0.39, 0.29) is 0 Å². The first-order valence-electron chi connectivity index (χ1n) is 4.98. The molecule has 1 aliphatic rings. The third-order valence-corrected chi connectivity index (χ3v) is 2.86. The summed E-state index contributed by atoms with van der Waals surface area (Å²) >= 11 is 0. The lowest BCUT2D eigenvalue weighted by molar-refractivity contribution is -0.816. The molecular formula is C10H21N2+. The van der Waals surface area contributed by atoms with Crippen molar-refractivity contribution in [3.05, 3.63) is 0 Å². The van der Waals surface area contributed by atoms with Crippen LogP contribution in [0.5, 0.6) is 0 Å². The van der Waals surface area contributed by atoms with E-state index in [1.807, 2.05) is 0 Å². The SMILES string of the molecule is CCCC[N+]1(C)CC(C)N=C1C. The Morgan fingerprint density at radius 3 is 2.67 bits per heavy atom. The molecule has 0 spiro atoms. The zero-order valence-electron chi connectivity index (χ0n) is 8.80. The van der Waals surface area contributed by atoms with E-state index in [0.717, 1.165) is 4.48 Å². The largest absolute Gasteiger partial charge is 0.280 e. The Labute approximate surface area is 75.9 Å². The van der Waals surface area contributed by atoms with Crippen molar-refractivity contribution in [2.75, 3.05) is 20.1 Å². The molecule has 0 aliphatic carbocycles. The molecule has 0 saturated heterocycles. The molecule has 0 aromatic heterocycles. The number of amidine groups is 1. The molecule has 0 aromatic rings. The molecule has 2 nitrogen and oxygen atoms in total. The van der Waals surface area contributed by atoms with E-state index >= 15 is 0 Å². The standard InChI is InChI=1S/C10H21N2/c1-5-6-7-12(4)8-9(2)11-10(12)3/h9H,5-8H2,1-4H3/q+1. The van der Waals surface area contributed by atoms with E-state index in [2.05, 4.69) is 32.8 Å². The Hall–Kier alpha value is -0.370. The molecule has 12 heavy (non-hydrogen) atoms. The van der Waals surface area contributed by atoms with Gasteiger partial charge in [0.25, 0.3) is 0 Å². The fourth-order valence-corrected chi connectivity index (χ4v) is 1.97. The van der Waals surface area contributed by atoms with E-state index < -0.39 is 0 Å². The predicted molar refractivity (Wildman–Crippen MR) is 53.4 cm³/mol. The summed E-state index contributed by atoms with van der Waals surface area (Å²) in [7, 11) is 2.30. The van der Waals surface area contributed by atoms with Crippen molar-refractivity contribution in [2.45, 2.75) is 39.7 Å². The van der Waals surface area contributed by atoms with Crippen LogP contribution in [0.3, 0.4) is 0 Å². The van der Waals surface area contributed by atoms with Crippen LogP contribution in [0.4, 0.5) is 0 Å². The highest BCUT2D eigenvalue weighted by atomic mass is 15.4. The molecule has 0 saturated carbocycles. The normalized spacial score (nSPS) is 35.3. The third kappa shape index (κ3) is 1.86. The van der Waals surface area contributed by atoms with Crippen molar-refractivity contribution in [1.82, 2.24) is 0 Å². The molecule has 1 rings (SSSR count). The molecule has 0 amide bonds. The molecule has 2 unspecified atom stereocenters. The molecule has 0 fully saturated rings. The molecule has 2 heteroatoms. The monoisotopic (exact) mass is 169 g/mol. The quantitative estimate of drug-likeness (QED) is 0.573. The lowest BCUT2D eigenvalue weighted by Gasteiger charge is -2.29. The number of quaternary nitrogens is 1. The summed E-state index contributed by atoms with van der Waals surface area (Å²) in [5.74, 6) is 1.32. The molecule has 70 valence electrons. The number of rotatable bonds is 3.